The number of pyridine rings is 1. The van der Waals surface area contributed by atoms with Crippen LogP contribution < -0.4 is 16.5 Å². The number of nitrogens with two attached hydrogens (primary N) is 1. The first-order valence-corrected chi connectivity index (χ1v) is 9.25. The van der Waals surface area contributed by atoms with Gasteiger partial charge in [-0.2, -0.15) is 0 Å². The number of fused-ring (bicyclic) bond motifs is 1. The molecular formula is C19H21F2N3O3. The molecule has 4 N–H and O–H groups in total. The van der Waals surface area contributed by atoms with Crippen LogP contribution in [0.2, 0.25) is 0 Å². The molecule has 2 fully saturated rings. The van der Waals surface area contributed by atoms with Crippen LogP contribution in [0.4, 0.5) is 20.2 Å². The van der Waals surface area contributed by atoms with E-state index >= 15 is 4.39 Å². The van der Waals surface area contributed by atoms with Crippen LogP contribution in [0.15, 0.2) is 11.0 Å². The predicted molar refractivity (Wildman–Crippen MR) is 98.3 cm³/mol. The van der Waals surface area contributed by atoms with E-state index in [1.807, 2.05) is 0 Å². The summed E-state index contributed by atoms with van der Waals surface area (Å²) in [6, 6.07) is -0.174. The summed E-state index contributed by atoms with van der Waals surface area (Å²) in [4.78, 5) is 24.0. The van der Waals surface area contributed by atoms with E-state index in [2.05, 4.69) is 5.32 Å². The summed E-state index contributed by atoms with van der Waals surface area (Å²) in [7, 11) is 0. The number of aromatic carboxylic acids is 1. The molecule has 27 heavy (non-hydrogen) atoms. The van der Waals surface area contributed by atoms with Crippen LogP contribution in [0.5, 0.6) is 0 Å². The average Bonchev–Trinajstić information content (AvgIpc) is 3.48. The van der Waals surface area contributed by atoms with Gasteiger partial charge in [-0.15, -0.1) is 0 Å². The third-order valence-corrected chi connectivity index (χ3v) is 5.51. The van der Waals surface area contributed by atoms with E-state index in [-0.39, 0.29) is 23.3 Å². The van der Waals surface area contributed by atoms with Crippen molar-refractivity contribution >= 4 is 28.2 Å². The van der Waals surface area contributed by atoms with Gasteiger partial charge >= 0.3 is 5.97 Å². The molecule has 0 saturated heterocycles. The molecule has 6 nitrogen and oxygen atoms in total. The number of hydrogen-bond acceptors (Lipinski definition) is 4. The van der Waals surface area contributed by atoms with Crippen molar-refractivity contribution in [3.8, 4) is 0 Å². The van der Waals surface area contributed by atoms with Gasteiger partial charge in [0.25, 0.3) is 0 Å². The number of carbonyl (C=O) groups is 1. The van der Waals surface area contributed by atoms with E-state index in [0.29, 0.717) is 0 Å². The van der Waals surface area contributed by atoms with Crippen LogP contribution in [0.3, 0.4) is 0 Å². The van der Waals surface area contributed by atoms with E-state index in [1.165, 1.54) is 4.57 Å². The maximum absolute atomic E-state index is 15.4. The van der Waals surface area contributed by atoms with Gasteiger partial charge < -0.3 is 20.7 Å². The zero-order valence-corrected chi connectivity index (χ0v) is 14.7. The Kier molecular flexibility index (Phi) is 4.28. The minimum absolute atomic E-state index is 0.0565. The molecule has 1 heterocycles. The van der Waals surface area contributed by atoms with Gasteiger partial charge in [0.05, 0.1) is 16.6 Å². The molecule has 0 bridgehead atoms. The van der Waals surface area contributed by atoms with E-state index in [4.69, 9.17) is 5.73 Å². The first-order chi connectivity index (χ1) is 12.9. The molecule has 0 radical (unpaired) electrons. The second-order valence-electron chi connectivity index (χ2n) is 7.44. The number of carboxylic acids is 1. The Morgan fingerprint density at radius 2 is 1.81 bits per heavy atom. The van der Waals surface area contributed by atoms with Gasteiger partial charge in [0.15, 0.2) is 11.6 Å². The van der Waals surface area contributed by atoms with Gasteiger partial charge in [-0.05, 0) is 25.7 Å². The number of rotatable bonds is 4. The molecule has 0 atom stereocenters. The van der Waals surface area contributed by atoms with Gasteiger partial charge in [-0.25, -0.2) is 13.6 Å². The van der Waals surface area contributed by atoms with Gasteiger partial charge in [-0.3, -0.25) is 4.79 Å². The zero-order chi connectivity index (χ0) is 19.3. The van der Waals surface area contributed by atoms with E-state index in [9.17, 15) is 19.1 Å². The lowest BCUT2D eigenvalue weighted by atomic mass is 9.95. The number of hydrogen-bond donors (Lipinski definition) is 3. The van der Waals surface area contributed by atoms with Crippen LogP contribution >= 0.6 is 0 Å². The summed E-state index contributed by atoms with van der Waals surface area (Å²) in [5.41, 5.74) is 3.41. The lowest BCUT2D eigenvalue weighted by Crippen LogP contribution is -2.26. The smallest absolute Gasteiger partial charge is 0.341 e. The Labute approximate surface area is 154 Å². The van der Waals surface area contributed by atoms with Crippen molar-refractivity contribution < 1.29 is 18.7 Å². The van der Waals surface area contributed by atoms with Crippen molar-refractivity contribution in [3.05, 3.63) is 33.6 Å². The highest BCUT2D eigenvalue weighted by molar-refractivity contribution is 5.99. The summed E-state index contributed by atoms with van der Waals surface area (Å²) < 4.78 is 31.7. The zero-order valence-electron chi connectivity index (χ0n) is 14.7. The third-order valence-electron chi connectivity index (χ3n) is 5.51. The summed E-state index contributed by atoms with van der Waals surface area (Å²) in [5.74, 6) is -3.36. The van der Waals surface area contributed by atoms with Crippen molar-refractivity contribution in [2.75, 3.05) is 11.1 Å². The van der Waals surface area contributed by atoms with Crippen molar-refractivity contribution in [2.24, 2.45) is 0 Å². The molecule has 2 saturated carbocycles. The Balaban J connectivity index is 1.97. The molecule has 1 aromatic carbocycles. The van der Waals surface area contributed by atoms with Crippen molar-refractivity contribution in [1.82, 2.24) is 4.57 Å². The second kappa shape index (κ2) is 6.51. The fourth-order valence-electron chi connectivity index (χ4n) is 3.94. The van der Waals surface area contributed by atoms with Gasteiger partial charge in [-0.1, -0.05) is 19.3 Å². The normalized spacial score (nSPS) is 18.0. The molecule has 0 unspecified atom stereocenters. The van der Waals surface area contributed by atoms with E-state index in [0.717, 1.165) is 51.1 Å². The van der Waals surface area contributed by atoms with E-state index < -0.39 is 39.7 Å². The minimum atomic E-state index is -1.44. The number of nitrogens with one attached hydrogen (secondary N) is 1. The average molecular weight is 377 g/mol. The molecule has 4 rings (SSSR count). The van der Waals surface area contributed by atoms with Crippen molar-refractivity contribution in [1.29, 1.82) is 0 Å². The Bertz CT molecular complexity index is 992. The fraction of sp³-hybridized carbons (Fsp3) is 0.474. The number of aromatic nitrogens is 1. The Morgan fingerprint density at radius 1 is 1.15 bits per heavy atom. The third kappa shape index (κ3) is 2.93. The van der Waals surface area contributed by atoms with Crippen LogP contribution in [0.25, 0.3) is 10.9 Å². The molecule has 0 spiro atoms. The fourth-order valence-corrected chi connectivity index (χ4v) is 3.94. The molecule has 1 aromatic heterocycles. The highest BCUT2D eigenvalue weighted by Gasteiger charge is 2.32. The standard InChI is InChI=1S/C19H21F2N3O3/c20-13-15(22)12-17(14(21)16(13)23-9-4-2-1-3-5-9)24(10-6-7-10)8-11(18(12)25)19(26)27/h8-10,23H,1-7,22H2,(H,26,27). The Hall–Kier alpha value is -2.64. The minimum Gasteiger partial charge on any atom is -0.477 e. The first-order valence-electron chi connectivity index (χ1n) is 9.25. The van der Waals surface area contributed by atoms with Gasteiger partial charge in [0.2, 0.25) is 5.43 Å². The largest absolute Gasteiger partial charge is 0.477 e. The summed E-state index contributed by atoms with van der Waals surface area (Å²) in [6.07, 6.45) is 7.31. The number of nitrogen functional groups attached to an aromatic ring is 1. The summed E-state index contributed by atoms with van der Waals surface area (Å²) >= 11 is 0. The number of carboxylic acid groups (broad SMARTS) is 1. The van der Waals surface area contributed by atoms with Crippen LogP contribution in [0, 0.1) is 11.6 Å². The number of benzene rings is 1. The van der Waals surface area contributed by atoms with Crippen LogP contribution in [-0.4, -0.2) is 21.7 Å². The molecule has 144 valence electrons. The monoisotopic (exact) mass is 377 g/mol. The quantitative estimate of drug-likeness (QED) is 0.707. The van der Waals surface area contributed by atoms with Crippen LogP contribution in [-0.2, 0) is 0 Å². The van der Waals surface area contributed by atoms with Crippen LogP contribution in [0.1, 0.15) is 61.3 Å². The molecule has 2 aliphatic carbocycles. The summed E-state index contributed by atoms with van der Waals surface area (Å²) in [6.45, 7) is 0. The molecular weight excluding hydrogens is 356 g/mol. The van der Waals surface area contributed by atoms with Crippen molar-refractivity contribution in [3.63, 3.8) is 0 Å². The molecule has 2 aromatic rings. The number of nitrogens with zero attached hydrogens (tertiary/aromatic N) is 1. The number of anilines is 2. The van der Waals surface area contributed by atoms with E-state index in [1.54, 1.807) is 0 Å². The highest BCUT2D eigenvalue weighted by atomic mass is 19.1. The predicted octanol–water partition coefficient (Wildman–Crippen LogP) is 3.64. The number of halogens is 2. The lowest BCUT2D eigenvalue weighted by molar-refractivity contribution is 0.0695. The van der Waals surface area contributed by atoms with Gasteiger partial charge in [0, 0.05) is 18.3 Å². The molecule has 0 aliphatic heterocycles. The highest BCUT2D eigenvalue weighted by Crippen LogP contribution is 2.41. The lowest BCUT2D eigenvalue weighted by Gasteiger charge is -2.25. The topological polar surface area (TPSA) is 97.3 Å². The maximum Gasteiger partial charge on any atom is 0.341 e. The van der Waals surface area contributed by atoms with Crippen molar-refractivity contribution in [2.45, 2.75) is 57.0 Å². The van der Waals surface area contributed by atoms with Gasteiger partial charge in [0.1, 0.15) is 11.3 Å². The second-order valence-corrected chi connectivity index (χ2v) is 7.44. The molecule has 8 heteroatoms. The maximum atomic E-state index is 15.4. The SMILES string of the molecule is Nc1c(F)c(NC2CCCCC2)c(F)c2c1c(=O)c(C(=O)O)cn2C1CC1. The first kappa shape index (κ1) is 17.8. The molecule has 0 amide bonds. The summed E-state index contributed by atoms with van der Waals surface area (Å²) in [5, 5.41) is 11.8. The molecule has 2 aliphatic rings. The Morgan fingerprint density at radius 3 is 2.41 bits per heavy atom.